The van der Waals surface area contributed by atoms with E-state index in [2.05, 4.69) is 15.5 Å². The Morgan fingerprint density at radius 2 is 2.10 bits per heavy atom. The Hall–Kier alpha value is -2.96. The normalized spacial score (nSPS) is 10.4. The number of pyridine rings is 1. The molecule has 0 saturated carbocycles. The predicted molar refractivity (Wildman–Crippen MR) is 71.0 cm³/mol. The minimum atomic E-state index is -0.772. The summed E-state index contributed by atoms with van der Waals surface area (Å²) in [7, 11) is 0. The molecule has 2 amide bonds. The van der Waals surface area contributed by atoms with Crippen molar-refractivity contribution < 1.29 is 13.9 Å². The number of ether oxygens (including phenoxy) is 1. The molecule has 0 aliphatic carbocycles. The maximum atomic E-state index is 12.8. The van der Waals surface area contributed by atoms with E-state index in [0.29, 0.717) is 11.3 Å². The van der Waals surface area contributed by atoms with Crippen molar-refractivity contribution >= 4 is 12.2 Å². The predicted octanol–water partition coefficient (Wildman–Crippen LogP) is 2.02. The van der Waals surface area contributed by atoms with E-state index < -0.39 is 6.03 Å². The van der Waals surface area contributed by atoms with E-state index in [1.165, 1.54) is 36.7 Å². The van der Waals surface area contributed by atoms with Crippen LogP contribution in [0.3, 0.4) is 0 Å². The number of nitrogens with zero attached hydrogens (tertiary/aromatic N) is 2. The van der Waals surface area contributed by atoms with Crippen molar-refractivity contribution in [3.63, 3.8) is 0 Å². The second-order valence-corrected chi connectivity index (χ2v) is 3.69. The third-order valence-corrected chi connectivity index (χ3v) is 2.21. The monoisotopic (exact) mass is 274 g/mol. The standard InChI is InChI=1S/C13H11FN4O2/c14-10-3-5-11(6-4-10)20-12-9(2-1-7-16-12)8-17-18-13(15)19/h1-8H,(H3,15,18,19). The fraction of sp³-hybridized carbons (Fsp3) is 0. The first-order valence-corrected chi connectivity index (χ1v) is 5.62. The van der Waals surface area contributed by atoms with Gasteiger partial charge in [-0.3, -0.25) is 0 Å². The molecule has 20 heavy (non-hydrogen) atoms. The number of carbonyl (C=O) groups excluding carboxylic acids is 1. The van der Waals surface area contributed by atoms with Crippen molar-refractivity contribution in [2.75, 3.05) is 0 Å². The third-order valence-electron chi connectivity index (χ3n) is 2.21. The molecule has 0 aliphatic rings. The average molecular weight is 274 g/mol. The smallest absolute Gasteiger partial charge is 0.332 e. The van der Waals surface area contributed by atoms with Crippen LogP contribution in [0.2, 0.25) is 0 Å². The van der Waals surface area contributed by atoms with Crippen molar-refractivity contribution in [2.24, 2.45) is 10.8 Å². The van der Waals surface area contributed by atoms with Gasteiger partial charge in [-0.15, -0.1) is 0 Å². The average Bonchev–Trinajstić information content (AvgIpc) is 2.43. The summed E-state index contributed by atoms with van der Waals surface area (Å²) in [6.45, 7) is 0. The van der Waals surface area contributed by atoms with Gasteiger partial charge in [0.1, 0.15) is 11.6 Å². The Morgan fingerprint density at radius 3 is 2.80 bits per heavy atom. The molecule has 6 nitrogen and oxygen atoms in total. The Bertz CT molecular complexity index is 629. The lowest BCUT2D eigenvalue weighted by atomic mass is 10.3. The van der Waals surface area contributed by atoms with E-state index in [0.717, 1.165) is 0 Å². The van der Waals surface area contributed by atoms with Crippen molar-refractivity contribution in [1.82, 2.24) is 10.4 Å². The number of halogens is 1. The summed E-state index contributed by atoms with van der Waals surface area (Å²) in [5.74, 6) is 0.350. The number of urea groups is 1. The number of hydrogen-bond donors (Lipinski definition) is 2. The molecule has 0 aliphatic heterocycles. The van der Waals surface area contributed by atoms with Crippen molar-refractivity contribution in [2.45, 2.75) is 0 Å². The number of hydrazone groups is 1. The Kier molecular flexibility index (Phi) is 4.23. The SMILES string of the molecule is NC(=O)NN=Cc1cccnc1Oc1ccc(F)cc1. The molecule has 0 spiro atoms. The van der Waals surface area contributed by atoms with Gasteiger partial charge in [-0.25, -0.2) is 19.6 Å². The number of primary amides is 1. The third kappa shape index (κ3) is 3.77. The highest BCUT2D eigenvalue weighted by molar-refractivity contribution is 5.83. The number of hydrogen-bond acceptors (Lipinski definition) is 4. The molecular formula is C13H11FN4O2. The summed E-state index contributed by atoms with van der Waals surface area (Å²) < 4.78 is 18.3. The van der Waals surface area contributed by atoms with Gasteiger partial charge in [0, 0.05) is 6.20 Å². The highest BCUT2D eigenvalue weighted by atomic mass is 19.1. The number of rotatable bonds is 4. The zero-order valence-electron chi connectivity index (χ0n) is 10.3. The van der Waals surface area contributed by atoms with Gasteiger partial charge in [0.2, 0.25) is 5.88 Å². The molecule has 1 aromatic carbocycles. The fourth-order valence-corrected chi connectivity index (χ4v) is 1.37. The molecule has 0 fully saturated rings. The molecular weight excluding hydrogens is 263 g/mol. The van der Waals surface area contributed by atoms with Crippen LogP contribution in [0.5, 0.6) is 11.6 Å². The number of nitrogens with two attached hydrogens (primary N) is 1. The van der Waals surface area contributed by atoms with E-state index in [4.69, 9.17) is 10.5 Å². The van der Waals surface area contributed by atoms with Crippen molar-refractivity contribution in [1.29, 1.82) is 0 Å². The van der Waals surface area contributed by atoms with Crippen LogP contribution in [0, 0.1) is 5.82 Å². The lowest BCUT2D eigenvalue weighted by Gasteiger charge is -2.06. The van der Waals surface area contributed by atoms with Gasteiger partial charge in [-0.1, -0.05) is 0 Å². The number of nitrogens with one attached hydrogen (secondary N) is 1. The Labute approximate surface area is 114 Å². The maximum Gasteiger partial charge on any atom is 0.332 e. The minimum absolute atomic E-state index is 0.272. The van der Waals surface area contributed by atoms with E-state index in [1.807, 2.05) is 0 Å². The molecule has 1 heterocycles. The van der Waals surface area contributed by atoms with E-state index in [9.17, 15) is 9.18 Å². The molecule has 7 heteroatoms. The molecule has 0 unspecified atom stereocenters. The van der Waals surface area contributed by atoms with Crippen LogP contribution < -0.4 is 15.9 Å². The summed E-state index contributed by atoms with van der Waals surface area (Å²) in [4.78, 5) is 14.6. The van der Waals surface area contributed by atoms with E-state index in [1.54, 1.807) is 12.1 Å². The second kappa shape index (κ2) is 6.28. The van der Waals surface area contributed by atoms with Gasteiger partial charge < -0.3 is 10.5 Å². The maximum absolute atomic E-state index is 12.8. The molecule has 3 N–H and O–H groups in total. The molecule has 2 rings (SSSR count). The highest BCUT2D eigenvalue weighted by Crippen LogP contribution is 2.21. The lowest BCUT2D eigenvalue weighted by Crippen LogP contribution is -2.24. The number of amides is 2. The van der Waals surface area contributed by atoms with Gasteiger partial charge in [0.25, 0.3) is 0 Å². The molecule has 2 aromatic rings. The highest BCUT2D eigenvalue weighted by Gasteiger charge is 2.04. The lowest BCUT2D eigenvalue weighted by molar-refractivity contribution is 0.249. The summed E-state index contributed by atoms with van der Waals surface area (Å²) in [6.07, 6.45) is 2.88. The summed E-state index contributed by atoms with van der Waals surface area (Å²) in [6, 6.07) is 8.12. The van der Waals surface area contributed by atoms with E-state index >= 15 is 0 Å². The molecule has 0 bridgehead atoms. The van der Waals surface area contributed by atoms with Crippen LogP contribution in [0.25, 0.3) is 0 Å². The first-order valence-electron chi connectivity index (χ1n) is 5.62. The first-order chi connectivity index (χ1) is 9.65. The second-order valence-electron chi connectivity index (χ2n) is 3.69. The van der Waals surface area contributed by atoms with Gasteiger partial charge >= 0.3 is 6.03 Å². The fourth-order valence-electron chi connectivity index (χ4n) is 1.37. The van der Waals surface area contributed by atoms with Crippen LogP contribution >= 0.6 is 0 Å². The van der Waals surface area contributed by atoms with Crippen LogP contribution in [-0.4, -0.2) is 17.2 Å². The topological polar surface area (TPSA) is 89.6 Å². The molecule has 102 valence electrons. The number of benzene rings is 1. The quantitative estimate of drug-likeness (QED) is 0.660. The first kappa shape index (κ1) is 13.5. The molecule has 0 radical (unpaired) electrons. The summed E-state index contributed by atoms with van der Waals surface area (Å²) >= 11 is 0. The van der Waals surface area contributed by atoms with Crippen LogP contribution in [0.1, 0.15) is 5.56 Å². The van der Waals surface area contributed by atoms with Crippen LogP contribution in [-0.2, 0) is 0 Å². The summed E-state index contributed by atoms with van der Waals surface area (Å²) in [5.41, 5.74) is 7.49. The van der Waals surface area contributed by atoms with Gasteiger partial charge in [-0.2, -0.15) is 5.10 Å². The number of carbonyl (C=O) groups is 1. The van der Waals surface area contributed by atoms with Gasteiger partial charge in [-0.05, 0) is 36.4 Å². The molecule has 0 atom stereocenters. The zero-order valence-corrected chi connectivity index (χ0v) is 10.3. The van der Waals surface area contributed by atoms with Crippen LogP contribution in [0.4, 0.5) is 9.18 Å². The molecule has 1 aromatic heterocycles. The van der Waals surface area contributed by atoms with Gasteiger partial charge in [0.05, 0.1) is 11.8 Å². The van der Waals surface area contributed by atoms with Crippen LogP contribution in [0.15, 0.2) is 47.7 Å². The van der Waals surface area contributed by atoms with Gasteiger partial charge in [0.15, 0.2) is 0 Å². The number of aromatic nitrogens is 1. The van der Waals surface area contributed by atoms with E-state index in [-0.39, 0.29) is 11.7 Å². The Balaban J connectivity index is 2.17. The van der Waals surface area contributed by atoms with Crippen molar-refractivity contribution in [3.8, 4) is 11.6 Å². The summed E-state index contributed by atoms with van der Waals surface area (Å²) in [5, 5.41) is 3.63. The zero-order chi connectivity index (χ0) is 14.4. The Morgan fingerprint density at radius 1 is 1.35 bits per heavy atom. The minimum Gasteiger partial charge on any atom is -0.438 e. The largest absolute Gasteiger partial charge is 0.438 e. The van der Waals surface area contributed by atoms with Crippen molar-refractivity contribution in [3.05, 3.63) is 54.0 Å². The molecule has 0 saturated heterocycles.